The van der Waals surface area contributed by atoms with Crippen LogP contribution in [0.25, 0.3) is 6.08 Å². The number of amides is 1. The maximum atomic E-state index is 12.2. The number of benzene rings is 2. The number of hydrogen-bond donors (Lipinski definition) is 1. The van der Waals surface area contributed by atoms with E-state index in [1.807, 2.05) is 26.0 Å². The van der Waals surface area contributed by atoms with Gasteiger partial charge in [0.15, 0.2) is 5.17 Å². The molecule has 0 unspecified atom stereocenters. The molecule has 2 aromatic rings. The van der Waals surface area contributed by atoms with Gasteiger partial charge in [0.25, 0.3) is 11.6 Å². The van der Waals surface area contributed by atoms with Gasteiger partial charge in [0.05, 0.1) is 15.5 Å². The highest BCUT2D eigenvalue weighted by atomic mass is 79.9. The monoisotopic (exact) mass is 465 g/mol. The number of nitro benzene ring substituents is 1. The van der Waals surface area contributed by atoms with Crippen LogP contribution < -0.4 is 5.32 Å². The van der Waals surface area contributed by atoms with Gasteiger partial charge in [-0.1, -0.05) is 33.6 Å². The van der Waals surface area contributed by atoms with Crippen LogP contribution in [0.15, 0.2) is 44.7 Å². The number of hydrogen-bond acceptors (Lipinski definition) is 5. The molecular formula is C18H13BrClN3O3S. The van der Waals surface area contributed by atoms with E-state index < -0.39 is 4.92 Å². The lowest BCUT2D eigenvalue weighted by Gasteiger charge is -2.04. The van der Waals surface area contributed by atoms with Gasteiger partial charge in [-0.05, 0) is 66.6 Å². The minimum absolute atomic E-state index is 0.0499. The lowest BCUT2D eigenvalue weighted by atomic mass is 10.1. The zero-order valence-corrected chi connectivity index (χ0v) is 17.4. The SMILES string of the molecule is Cc1cc(N=C2NC(=O)/C(=C/c3ccc(Cl)c([N+](=O)[O-])c3)S2)cc(C)c1Br. The first-order valence-electron chi connectivity index (χ1n) is 7.75. The number of carbonyl (C=O) groups is 1. The number of halogens is 2. The zero-order chi connectivity index (χ0) is 19.7. The van der Waals surface area contributed by atoms with Gasteiger partial charge in [-0.15, -0.1) is 0 Å². The van der Waals surface area contributed by atoms with E-state index in [9.17, 15) is 14.9 Å². The first kappa shape index (κ1) is 19.6. The molecule has 1 aliphatic heterocycles. The summed E-state index contributed by atoms with van der Waals surface area (Å²) in [6.07, 6.45) is 1.57. The second-order valence-electron chi connectivity index (χ2n) is 5.84. The summed E-state index contributed by atoms with van der Waals surface area (Å²) in [5.41, 5.74) is 3.14. The van der Waals surface area contributed by atoms with E-state index in [1.165, 1.54) is 23.9 Å². The highest BCUT2D eigenvalue weighted by Gasteiger charge is 2.24. The Morgan fingerprint density at radius 2 is 1.93 bits per heavy atom. The van der Waals surface area contributed by atoms with Crippen LogP contribution in [0.2, 0.25) is 5.02 Å². The van der Waals surface area contributed by atoms with Crippen molar-refractivity contribution in [2.24, 2.45) is 4.99 Å². The summed E-state index contributed by atoms with van der Waals surface area (Å²) in [7, 11) is 0. The average Bonchev–Trinajstić information content (AvgIpc) is 2.93. The largest absolute Gasteiger partial charge is 0.300 e. The minimum Gasteiger partial charge on any atom is -0.300 e. The average molecular weight is 467 g/mol. The molecule has 1 amide bonds. The first-order chi connectivity index (χ1) is 12.7. The van der Waals surface area contributed by atoms with Gasteiger partial charge in [-0.2, -0.15) is 0 Å². The van der Waals surface area contributed by atoms with E-state index >= 15 is 0 Å². The van der Waals surface area contributed by atoms with Crippen molar-refractivity contribution < 1.29 is 9.72 Å². The summed E-state index contributed by atoms with van der Waals surface area (Å²) in [5, 5.41) is 14.2. The molecule has 6 nitrogen and oxygen atoms in total. The van der Waals surface area contributed by atoms with Crippen molar-refractivity contribution in [3.8, 4) is 0 Å². The van der Waals surface area contributed by atoms with Crippen LogP contribution in [0, 0.1) is 24.0 Å². The highest BCUT2D eigenvalue weighted by molar-refractivity contribution is 9.10. The van der Waals surface area contributed by atoms with E-state index in [0.717, 1.165) is 21.3 Å². The molecule has 0 aromatic heterocycles. The molecule has 0 atom stereocenters. The van der Waals surface area contributed by atoms with Crippen LogP contribution in [0.1, 0.15) is 16.7 Å². The van der Waals surface area contributed by atoms with Gasteiger partial charge in [-0.3, -0.25) is 14.9 Å². The fourth-order valence-corrected chi connectivity index (χ4v) is 3.75. The maximum Gasteiger partial charge on any atom is 0.288 e. The van der Waals surface area contributed by atoms with Crippen LogP contribution in [0.5, 0.6) is 0 Å². The van der Waals surface area contributed by atoms with E-state index in [1.54, 1.807) is 12.1 Å². The zero-order valence-electron chi connectivity index (χ0n) is 14.2. The molecular weight excluding hydrogens is 454 g/mol. The van der Waals surface area contributed by atoms with Gasteiger partial charge < -0.3 is 5.32 Å². The van der Waals surface area contributed by atoms with Crippen LogP contribution >= 0.6 is 39.3 Å². The molecule has 9 heteroatoms. The lowest BCUT2D eigenvalue weighted by molar-refractivity contribution is -0.384. The molecule has 1 N–H and O–H groups in total. The third-order valence-electron chi connectivity index (χ3n) is 3.77. The molecule has 2 aromatic carbocycles. The Hall–Kier alpha value is -2.16. The summed E-state index contributed by atoms with van der Waals surface area (Å²) in [6, 6.07) is 8.22. The third kappa shape index (κ3) is 4.40. The fraction of sp³-hybridized carbons (Fsp3) is 0.111. The normalized spacial score (nSPS) is 16.8. The number of carbonyl (C=O) groups excluding carboxylic acids is 1. The topological polar surface area (TPSA) is 84.6 Å². The smallest absolute Gasteiger partial charge is 0.288 e. The van der Waals surface area contributed by atoms with E-state index in [2.05, 4.69) is 26.2 Å². The Balaban J connectivity index is 1.89. The van der Waals surface area contributed by atoms with Crippen molar-refractivity contribution in [3.05, 3.63) is 71.5 Å². The molecule has 0 saturated carbocycles. The van der Waals surface area contributed by atoms with Crippen molar-refractivity contribution in [2.45, 2.75) is 13.8 Å². The number of aryl methyl sites for hydroxylation is 2. The maximum absolute atomic E-state index is 12.2. The molecule has 1 aliphatic rings. The molecule has 1 saturated heterocycles. The van der Waals surface area contributed by atoms with Crippen molar-refractivity contribution >= 4 is 67.8 Å². The highest BCUT2D eigenvalue weighted by Crippen LogP contribution is 2.32. The number of aliphatic imine (C=N–C) groups is 1. The number of nitro groups is 1. The number of nitrogens with zero attached hydrogens (tertiary/aromatic N) is 2. The number of thioether (sulfide) groups is 1. The van der Waals surface area contributed by atoms with Crippen molar-refractivity contribution in [1.82, 2.24) is 5.32 Å². The molecule has 0 bridgehead atoms. The molecule has 138 valence electrons. The Labute approximate surface area is 173 Å². The molecule has 3 rings (SSSR count). The van der Waals surface area contributed by atoms with Crippen LogP contribution in [-0.4, -0.2) is 16.0 Å². The van der Waals surface area contributed by atoms with Gasteiger partial charge in [-0.25, -0.2) is 4.99 Å². The number of nitrogens with one attached hydrogen (secondary N) is 1. The molecule has 27 heavy (non-hydrogen) atoms. The van der Waals surface area contributed by atoms with Gasteiger partial charge in [0, 0.05) is 10.5 Å². The van der Waals surface area contributed by atoms with E-state index in [-0.39, 0.29) is 16.6 Å². The van der Waals surface area contributed by atoms with Crippen LogP contribution in [-0.2, 0) is 4.79 Å². The first-order valence-corrected chi connectivity index (χ1v) is 9.73. The standard InChI is InChI=1S/C18H13BrClN3O3S/c1-9-5-12(6-10(2)16(9)19)21-18-22-17(24)15(27-18)8-11-3-4-13(20)14(7-11)23(25)26/h3-8H,1-2H3,(H,21,22,24)/b15-8-. The van der Waals surface area contributed by atoms with Crippen LogP contribution in [0.3, 0.4) is 0 Å². The second-order valence-corrected chi connectivity index (χ2v) is 8.07. The van der Waals surface area contributed by atoms with E-state index in [0.29, 0.717) is 15.6 Å². The summed E-state index contributed by atoms with van der Waals surface area (Å²) in [5.74, 6) is -0.304. The van der Waals surface area contributed by atoms with Crippen molar-refractivity contribution in [2.75, 3.05) is 0 Å². The van der Waals surface area contributed by atoms with Crippen molar-refractivity contribution in [1.29, 1.82) is 0 Å². The van der Waals surface area contributed by atoms with Gasteiger partial charge in [0.2, 0.25) is 0 Å². The molecule has 1 fully saturated rings. The van der Waals surface area contributed by atoms with Crippen molar-refractivity contribution in [3.63, 3.8) is 0 Å². The second kappa shape index (κ2) is 7.84. The summed E-state index contributed by atoms with van der Waals surface area (Å²) >= 11 is 10.5. The van der Waals surface area contributed by atoms with Gasteiger partial charge in [0.1, 0.15) is 5.02 Å². The predicted molar refractivity (Wildman–Crippen MR) is 113 cm³/mol. The Kier molecular flexibility index (Phi) is 5.69. The summed E-state index contributed by atoms with van der Waals surface area (Å²) < 4.78 is 1.03. The number of rotatable bonds is 3. The molecule has 1 heterocycles. The van der Waals surface area contributed by atoms with Crippen LogP contribution in [0.4, 0.5) is 11.4 Å². The number of amidine groups is 1. The third-order valence-corrected chi connectivity index (χ3v) is 6.25. The Morgan fingerprint density at radius 1 is 1.26 bits per heavy atom. The summed E-state index contributed by atoms with van der Waals surface area (Å²) in [6.45, 7) is 3.94. The molecule has 0 aliphatic carbocycles. The van der Waals surface area contributed by atoms with E-state index in [4.69, 9.17) is 11.6 Å². The minimum atomic E-state index is -0.558. The quantitative estimate of drug-likeness (QED) is 0.367. The molecule has 0 spiro atoms. The fourth-order valence-electron chi connectivity index (χ4n) is 2.50. The Bertz CT molecular complexity index is 1010. The van der Waals surface area contributed by atoms with Gasteiger partial charge >= 0.3 is 0 Å². The predicted octanol–water partition coefficient (Wildman–Crippen LogP) is 5.52. The molecule has 0 radical (unpaired) electrons. The summed E-state index contributed by atoms with van der Waals surface area (Å²) in [4.78, 5) is 27.5. The Morgan fingerprint density at radius 3 is 2.56 bits per heavy atom. The lowest BCUT2D eigenvalue weighted by Crippen LogP contribution is -2.19.